The van der Waals surface area contributed by atoms with Gasteiger partial charge in [-0.2, -0.15) is 5.10 Å². The number of nitrogens with zero attached hydrogens (tertiary/aromatic N) is 6. The SMILES string of the molecule is CCN1CCC[C@@H](CN(C)C(=O)c2cc(C)nc(C)n2)[C@@H]1c1cnn(C)c1. The highest BCUT2D eigenvalue weighted by atomic mass is 16.2. The molecular weight excluding hydrogens is 340 g/mol. The third kappa shape index (κ3) is 4.35. The first-order valence-corrected chi connectivity index (χ1v) is 9.69. The highest BCUT2D eigenvalue weighted by Gasteiger charge is 2.34. The summed E-state index contributed by atoms with van der Waals surface area (Å²) in [7, 11) is 3.83. The number of carbonyl (C=O) groups excluding carboxylic acids is 1. The standard InChI is InChI=1S/C20H30N6O/c1-6-26-9-7-8-16(19(26)17-11-21-25(5)13-17)12-24(4)20(27)18-10-14(2)22-15(3)23-18/h10-11,13,16,19H,6-9,12H2,1-5H3/t16-,19+/m0/s1. The van der Waals surface area contributed by atoms with Crippen LogP contribution in [0.1, 0.15) is 53.4 Å². The van der Waals surface area contributed by atoms with Crippen LogP contribution >= 0.6 is 0 Å². The van der Waals surface area contributed by atoms with E-state index in [-0.39, 0.29) is 5.91 Å². The number of carbonyl (C=O) groups is 1. The fourth-order valence-corrected chi connectivity index (χ4v) is 4.23. The molecule has 1 saturated heterocycles. The molecule has 1 aliphatic heterocycles. The van der Waals surface area contributed by atoms with E-state index in [0.29, 0.717) is 30.0 Å². The molecule has 2 atom stereocenters. The van der Waals surface area contributed by atoms with Gasteiger partial charge >= 0.3 is 0 Å². The molecule has 3 heterocycles. The van der Waals surface area contributed by atoms with Crippen molar-refractivity contribution in [3.63, 3.8) is 0 Å². The minimum atomic E-state index is -0.0397. The second-order valence-corrected chi connectivity index (χ2v) is 7.55. The first-order chi connectivity index (χ1) is 12.9. The topological polar surface area (TPSA) is 67.2 Å². The molecule has 0 spiro atoms. The van der Waals surface area contributed by atoms with E-state index in [1.54, 1.807) is 6.07 Å². The molecule has 1 fully saturated rings. The minimum Gasteiger partial charge on any atom is -0.340 e. The molecule has 146 valence electrons. The van der Waals surface area contributed by atoms with Gasteiger partial charge in [0.25, 0.3) is 5.91 Å². The third-order valence-electron chi connectivity index (χ3n) is 5.37. The molecule has 0 aromatic carbocycles. The molecule has 2 aromatic rings. The van der Waals surface area contributed by atoms with Crippen molar-refractivity contribution in [2.24, 2.45) is 13.0 Å². The largest absolute Gasteiger partial charge is 0.340 e. The highest BCUT2D eigenvalue weighted by molar-refractivity contribution is 5.92. The van der Waals surface area contributed by atoms with Gasteiger partial charge in [-0.25, -0.2) is 9.97 Å². The molecular formula is C20H30N6O. The van der Waals surface area contributed by atoms with Gasteiger partial charge in [-0.1, -0.05) is 6.92 Å². The van der Waals surface area contributed by atoms with Crippen LogP contribution in [0.25, 0.3) is 0 Å². The van der Waals surface area contributed by atoms with Gasteiger partial charge in [0.2, 0.25) is 0 Å². The van der Waals surface area contributed by atoms with Gasteiger partial charge in [-0.3, -0.25) is 14.4 Å². The van der Waals surface area contributed by atoms with Crippen molar-refractivity contribution in [2.75, 3.05) is 26.7 Å². The number of rotatable bonds is 5. The van der Waals surface area contributed by atoms with E-state index in [2.05, 4.69) is 33.1 Å². The van der Waals surface area contributed by atoms with Gasteiger partial charge in [0.1, 0.15) is 11.5 Å². The zero-order chi connectivity index (χ0) is 19.6. The Hall–Kier alpha value is -2.28. The Labute approximate surface area is 161 Å². The molecule has 0 aliphatic carbocycles. The average Bonchev–Trinajstić information content (AvgIpc) is 3.05. The Morgan fingerprint density at radius 3 is 2.74 bits per heavy atom. The average molecular weight is 371 g/mol. The Morgan fingerprint density at radius 2 is 2.11 bits per heavy atom. The number of aryl methyl sites for hydroxylation is 3. The van der Waals surface area contributed by atoms with E-state index >= 15 is 0 Å². The second-order valence-electron chi connectivity index (χ2n) is 7.55. The second kappa shape index (κ2) is 8.17. The van der Waals surface area contributed by atoms with Crippen LogP contribution in [0.4, 0.5) is 0 Å². The monoisotopic (exact) mass is 370 g/mol. The number of hydrogen-bond donors (Lipinski definition) is 0. The number of amides is 1. The number of aromatic nitrogens is 4. The Morgan fingerprint density at radius 1 is 1.33 bits per heavy atom. The van der Waals surface area contributed by atoms with Crippen LogP contribution in [0.15, 0.2) is 18.5 Å². The summed E-state index contributed by atoms with van der Waals surface area (Å²) in [6.07, 6.45) is 6.33. The van der Waals surface area contributed by atoms with Crippen molar-refractivity contribution in [2.45, 2.75) is 39.7 Å². The Balaban J connectivity index is 1.79. The van der Waals surface area contributed by atoms with Crippen molar-refractivity contribution in [3.8, 4) is 0 Å². The van der Waals surface area contributed by atoms with Gasteiger partial charge in [0, 0.05) is 44.1 Å². The third-order valence-corrected chi connectivity index (χ3v) is 5.37. The summed E-state index contributed by atoms with van der Waals surface area (Å²) in [4.78, 5) is 25.8. The molecule has 27 heavy (non-hydrogen) atoms. The normalized spacial score (nSPS) is 20.6. The molecule has 0 saturated carbocycles. The fourth-order valence-electron chi connectivity index (χ4n) is 4.23. The lowest BCUT2D eigenvalue weighted by molar-refractivity contribution is 0.0584. The smallest absolute Gasteiger partial charge is 0.272 e. The van der Waals surface area contributed by atoms with E-state index in [0.717, 1.165) is 31.6 Å². The van der Waals surface area contributed by atoms with Crippen molar-refractivity contribution >= 4 is 5.91 Å². The number of hydrogen-bond acceptors (Lipinski definition) is 5. The summed E-state index contributed by atoms with van der Waals surface area (Å²) < 4.78 is 1.86. The van der Waals surface area contributed by atoms with Crippen LogP contribution < -0.4 is 0 Å². The van der Waals surface area contributed by atoms with Crippen molar-refractivity contribution in [3.05, 3.63) is 41.2 Å². The lowest BCUT2D eigenvalue weighted by Crippen LogP contribution is -2.44. The zero-order valence-electron chi connectivity index (χ0n) is 17.0. The minimum absolute atomic E-state index is 0.0397. The molecule has 0 unspecified atom stereocenters. The van der Waals surface area contributed by atoms with E-state index in [1.807, 2.05) is 43.7 Å². The number of likely N-dealkylation sites (tertiary alicyclic amines) is 1. The van der Waals surface area contributed by atoms with Crippen molar-refractivity contribution in [1.82, 2.24) is 29.5 Å². The maximum atomic E-state index is 12.9. The molecule has 7 nitrogen and oxygen atoms in total. The van der Waals surface area contributed by atoms with Crippen LogP contribution in [0.3, 0.4) is 0 Å². The first kappa shape index (κ1) is 19.5. The van der Waals surface area contributed by atoms with Gasteiger partial charge in [-0.05, 0) is 51.8 Å². The highest BCUT2D eigenvalue weighted by Crippen LogP contribution is 2.36. The summed E-state index contributed by atoms with van der Waals surface area (Å²) >= 11 is 0. The molecule has 7 heteroatoms. The Kier molecular flexibility index (Phi) is 5.89. The fraction of sp³-hybridized carbons (Fsp3) is 0.600. The van der Waals surface area contributed by atoms with Gasteiger partial charge in [0.05, 0.1) is 6.20 Å². The summed E-state index contributed by atoms with van der Waals surface area (Å²) in [5.74, 6) is 0.970. The Bertz CT molecular complexity index is 781. The maximum Gasteiger partial charge on any atom is 0.272 e. The predicted octanol–water partition coefficient (Wildman–Crippen LogP) is 2.37. The summed E-state index contributed by atoms with van der Waals surface area (Å²) in [5, 5.41) is 4.37. The lowest BCUT2D eigenvalue weighted by Gasteiger charge is -2.42. The van der Waals surface area contributed by atoms with Gasteiger partial charge in [-0.15, -0.1) is 0 Å². The van der Waals surface area contributed by atoms with Crippen molar-refractivity contribution < 1.29 is 4.79 Å². The van der Waals surface area contributed by atoms with E-state index in [9.17, 15) is 4.79 Å². The number of piperidine rings is 1. The maximum absolute atomic E-state index is 12.9. The van der Waals surface area contributed by atoms with E-state index in [1.165, 1.54) is 5.56 Å². The molecule has 1 amide bonds. The molecule has 1 aliphatic rings. The van der Waals surface area contributed by atoms with Crippen LogP contribution in [-0.2, 0) is 7.05 Å². The molecule has 2 aromatic heterocycles. The van der Waals surface area contributed by atoms with E-state index < -0.39 is 0 Å². The van der Waals surface area contributed by atoms with Crippen LogP contribution in [0.5, 0.6) is 0 Å². The van der Waals surface area contributed by atoms with Crippen LogP contribution in [0, 0.1) is 19.8 Å². The first-order valence-electron chi connectivity index (χ1n) is 9.69. The van der Waals surface area contributed by atoms with Crippen molar-refractivity contribution in [1.29, 1.82) is 0 Å². The predicted molar refractivity (Wildman–Crippen MR) is 104 cm³/mol. The van der Waals surface area contributed by atoms with Gasteiger partial charge < -0.3 is 4.90 Å². The van der Waals surface area contributed by atoms with E-state index in [4.69, 9.17) is 0 Å². The molecule has 0 radical (unpaired) electrons. The van der Waals surface area contributed by atoms with Gasteiger partial charge in [0.15, 0.2) is 0 Å². The zero-order valence-corrected chi connectivity index (χ0v) is 17.0. The lowest BCUT2D eigenvalue weighted by atomic mass is 9.85. The molecule has 0 bridgehead atoms. The summed E-state index contributed by atoms with van der Waals surface area (Å²) in [6.45, 7) is 8.71. The summed E-state index contributed by atoms with van der Waals surface area (Å²) in [5.41, 5.74) is 2.53. The van der Waals surface area contributed by atoms with Crippen LogP contribution in [-0.4, -0.2) is 62.1 Å². The van der Waals surface area contributed by atoms with Crippen LogP contribution in [0.2, 0.25) is 0 Å². The molecule has 0 N–H and O–H groups in total. The quantitative estimate of drug-likeness (QED) is 0.808. The summed E-state index contributed by atoms with van der Waals surface area (Å²) in [6, 6.07) is 2.06. The molecule has 3 rings (SSSR count).